The van der Waals surface area contributed by atoms with Crippen LogP contribution in [0.4, 0.5) is 17.5 Å². The number of anilines is 3. The van der Waals surface area contributed by atoms with Crippen LogP contribution in [0.1, 0.15) is 0 Å². The Morgan fingerprint density at radius 1 is 1.20 bits per heavy atom. The highest BCUT2D eigenvalue weighted by molar-refractivity contribution is 5.58. The summed E-state index contributed by atoms with van der Waals surface area (Å²) >= 11 is 0. The SMILES string of the molecule is COCCNc1nccc(Nc2cccc(OC)c2)n1. The van der Waals surface area contributed by atoms with Crippen molar-refractivity contribution in [2.45, 2.75) is 0 Å². The van der Waals surface area contributed by atoms with Crippen molar-refractivity contribution >= 4 is 17.5 Å². The average Bonchev–Trinajstić information content (AvgIpc) is 2.48. The summed E-state index contributed by atoms with van der Waals surface area (Å²) in [6.45, 7) is 1.27. The van der Waals surface area contributed by atoms with Crippen molar-refractivity contribution in [2.75, 3.05) is 38.0 Å². The fourth-order valence-electron chi connectivity index (χ4n) is 1.63. The number of rotatable bonds is 7. The summed E-state index contributed by atoms with van der Waals surface area (Å²) in [7, 11) is 3.30. The van der Waals surface area contributed by atoms with Crippen LogP contribution in [0.3, 0.4) is 0 Å². The summed E-state index contributed by atoms with van der Waals surface area (Å²) in [5.41, 5.74) is 0.908. The molecule has 0 aliphatic heterocycles. The minimum absolute atomic E-state index is 0.565. The molecule has 0 bridgehead atoms. The summed E-state index contributed by atoms with van der Waals surface area (Å²) < 4.78 is 10.2. The summed E-state index contributed by atoms with van der Waals surface area (Å²) in [5.74, 6) is 2.07. The molecule has 0 aliphatic carbocycles. The summed E-state index contributed by atoms with van der Waals surface area (Å²) in [5, 5.41) is 6.29. The fourth-order valence-corrected chi connectivity index (χ4v) is 1.63. The Morgan fingerprint density at radius 2 is 2.10 bits per heavy atom. The Balaban J connectivity index is 2.03. The van der Waals surface area contributed by atoms with Gasteiger partial charge in [0.15, 0.2) is 0 Å². The molecule has 0 spiro atoms. The number of hydrogen-bond donors (Lipinski definition) is 2. The molecule has 1 heterocycles. The normalized spacial score (nSPS) is 10.1. The Morgan fingerprint density at radius 3 is 2.90 bits per heavy atom. The van der Waals surface area contributed by atoms with E-state index in [2.05, 4.69) is 20.6 Å². The highest BCUT2D eigenvalue weighted by Gasteiger charge is 2.00. The number of methoxy groups -OCH3 is 2. The van der Waals surface area contributed by atoms with E-state index in [4.69, 9.17) is 9.47 Å². The molecule has 0 fully saturated rings. The fraction of sp³-hybridized carbons (Fsp3) is 0.286. The van der Waals surface area contributed by atoms with Gasteiger partial charge < -0.3 is 20.1 Å². The van der Waals surface area contributed by atoms with E-state index in [-0.39, 0.29) is 0 Å². The molecule has 0 unspecified atom stereocenters. The maximum absolute atomic E-state index is 5.18. The molecule has 2 N–H and O–H groups in total. The lowest BCUT2D eigenvalue weighted by molar-refractivity contribution is 0.210. The molecule has 1 aromatic heterocycles. The van der Waals surface area contributed by atoms with Gasteiger partial charge in [-0.25, -0.2) is 4.98 Å². The topological polar surface area (TPSA) is 68.3 Å². The van der Waals surface area contributed by atoms with Crippen LogP contribution < -0.4 is 15.4 Å². The molecule has 106 valence electrons. The highest BCUT2D eigenvalue weighted by atomic mass is 16.5. The highest BCUT2D eigenvalue weighted by Crippen LogP contribution is 2.20. The van der Waals surface area contributed by atoms with Crippen LogP contribution in [0.25, 0.3) is 0 Å². The lowest BCUT2D eigenvalue weighted by atomic mass is 10.3. The number of benzene rings is 1. The molecule has 2 aromatic rings. The number of nitrogens with zero attached hydrogens (tertiary/aromatic N) is 2. The van der Waals surface area contributed by atoms with E-state index in [0.29, 0.717) is 24.9 Å². The first kappa shape index (κ1) is 14.1. The van der Waals surface area contributed by atoms with E-state index < -0.39 is 0 Å². The Hall–Kier alpha value is -2.34. The molecule has 6 nitrogen and oxygen atoms in total. The zero-order chi connectivity index (χ0) is 14.2. The van der Waals surface area contributed by atoms with Crippen molar-refractivity contribution in [2.24, 2.45) is 0 Å². The van der Waals surface area contributed by atoms with Gasteiger partial charge in [-0.15, -0.1) is 0 Å². The van der Waals surface area contributed by atoms with Crippen molar-refractivity contribution in [3.05, 3.63) is 36.5 Å². The van der Waals surface area contributed by atoms with Gasteiger partial charge in [0.1, 0.15) is 11.6 Å². The van der Waals surface area contributed by atoms with Gasteiger partial charge in [0, 0.05) is 31.6 Å². The smallest absolute Gasteiger partial charge is 0.224 e. The molecule has 0 saturated heterocycles. The molecule has 0 aliphatic rings. The summed E-state index contributed by atoms with van der Waals surface area (Å²) in [6, 6.07) is 9.47. The lowest BCUT2D eigenvalue weighted by Crippen LogP contribution is -2.10. The molecule has 2 rings (SSSR count). The third-order valence-electron chi connectivity index (χ3n) is 2.59. The standard InChI is InChI=1S/C14H18N4O2/c1-19-9-8-16-14-15-7-6-13(18-14)17-11-4-3-5-12(10-11)20-2/h3-7,10H,8-9H2,1-2H3,(H2,15,16,17,18). The minimum Gasteiger partial charge on any atom is -0.497 e. The quantitative estimate of drug-likeness (QED) is 0.755. The van der Waals surface area contributed by atoms with Gasteiger partial charge in [0.25, 0.3) is 0 Å². The van der Waals surface area contributed by atoms with Gasteiger partial charge in [-0.3, -0.25) is 0 Å². The van der Waals surface area contributed by atoms with Gasteiger partial charge in [-0.1, -0.05) is 6.07 Å². The van der Waals surface area contributed by atoms with Crippen LogP contribution in [0, 0.1) is 0 Å². The molecular weight excluding hydrogens is 256 g/mol. The van der Waals surface area contributed by atoms with Crippen LogP contribution in [0.5, 0.6) is 5.75 Å². The molecule has 0 radical (unpaired) electrons. The number of nitrogens with one attached hydrogen (secondary N) is 2. The monoisotopic (exact) mass is 274 g/mol. The van der Waals surface area contributed by atoms with Crippen molar-refractivity contribution < 1.29 is 9.47 Å². The second-order valence-electron chi connectivity index (χ2n) is 4.04. The predicted octanol–water partition coefficient (Wildman–Crippen LogP) is 2.29. The van der Waals surface area contributed by atoms with Crippen molar-refractivity contribution in [1.29, 1.82) is 0 Å². The zero-order valence-electron chi connectivity index (χ0n) is 11.6. The first-order valence-corrected chi connectivity index (χ1v) is 6.29. The molecule has 0 amide bonds. The molecule has 20 heavy (non-hydrogen) atoms. The van der Waals surface area contributed by atoms with Crippen LogP contribution in [-0.4, -0.2) is 37.3 Å². The van der Waals surface area contributed by atoms with Crippen molar-refractivity contribution in [3.8, 4) is 5.75 Å². The van der Waals surface area contributed by atoms with Gasteiger partial charge in [-0.05, 0) is 18.2 Å². The second kappa shape index (κ2) is 7.30. The predicted molar refractivity (Wildman–Crippen MR) is 78.7 cm³/mol. The first-order chi connectivity index (χ1) is 9.81. The third kappa shape index (κ3) is 4.10. The third-order valence-corrected chi connectivity index (χ3v) is 2.59. The van der Waals surface area contributed by atoms with E-state index in [9.17, 15) is 0 Å². The van der Waals surface area contributed by atoms with E-state index in [1.165, 1.54) is 0 Å². The Kier molecular flexibility index (Phi) is 5.14. The maximum atomic E-state index is 5.18. The van der Waals surface area contributed by atoms with Crippen LogP contribution in [-0.2, 0) is 4.74 Å². The zero-order valence-corrected chi connectivity index (χ0v) is 11.6. The number of ether oxygens (including phenoxy) is 2. The van der Waals surface area contributed by atoms with Crippen LogP contribution in [0.15, 0.2) is 36.5 Å². The lowest BCUT2D eigenvalue weighted by Gasteiger charge is -2.09. The first-order valence-electron chi connectivity index (χ1n) is 6.29. The number of aromatic nitrogens is 2. The molecule has 0 saturated carbocycles. The van der Waals surface area contributed by atoms with E-state index >= 15 is 0 Å². The largest absolute Gasteiger partial charge is 0.497 e. The van der Waals surface area contributed by atoms with Gasteiger partial charge in [-0.2, -0.15) is 4.98 Å². The summed E-state index contributed by atoms with van der Waals surface area (Å²) in [6.07, 6.45) is 1.70. The molecular formula is C14H18N4O2. The average molecular weight is 274 g/mol. The van der Waals surface area contributed by atoms with Gasteiger partial charge in [0.2, 0.25) is 5.95 Å². The van der Waals surface area contributed by atoms with Crippen LogP contribution in [0.2, 0.25) is 0 Å². The van der Waals surface area contributed by atoms with Gasteiger partial charge >= 0.3 is 0 Å². The summed E-state index contributed by atoms with van der Waals surface area (Å²) in [4.78, 5) is 8.51. The molecule has 0 atom stereocenters. The molecule has 1 aromatic carbocycles. The van der Waals surface area contributed by atoms with E-state index in [1.807, 2.05) is 24.3 Å². The second-order valence-corrected chi connectivity index (χ2v) is 4.04. The van der Waals surface area contributed by atoms with Crippen LogP contribution >= 0.6 is 0 Å². The minimum atomic E-state index is 0.565. The van der Waals surface area contributed by atoms with Gasteiger partial charge in [0.05, 0.1) is 13.7 Å². The molecule has 6 heteroatoms. The van der Waals surface area contributed by atoms with Crippen molar-refractivity contribution in [3.63, 3.8) is 0 Å². The Bertz CT molecular complexity index is 548. The van der Waals surface area contributed by atoms with Crippen molar-refractivity contribution in [1.82, 2.24) is 9.97 Å². The van der Waals surface area contributed by atoms with E-state index in [1.54, 1.807) is 26.5 Å². The maximum Gasteiger partial charge on any atom is 0.224 e. The Labute approximate surface area is 118 Å². The van der Waals surface area contributed by atoms with E-state index in [0.717, 1.165) is 11.4 Å². The number of hydrogen-bond acceptors (Lipinski definition) is 6.